The molecular formula is C10H17NO3. The topological polar surface area (TPSA) is 49.8 Å². The van der Waals surface area contributed by atoms with Crippen LogP contribution in [-0.4, -0.2) is 41.9 Å². The third kappa shape index (κ3) is 2.73. The highest BCUT2D eigenvalue weighted by atomic mass is 16.6. The van der Waals surface area contributed by atoms with E-state index in [1.165, 1.54) is 4.90 Å². The Morgan fingerprint density at radius 1 is 1.71 bits per heavy atom. The first-order valence-electron chi connectivity index (χ1n) is 5.00. The largest absolute Gasteiger partial charge is 0.449 e. The van der Waals surface area contributed by atoms with E-state index >= 15 is 0 Å². The molecule has 4 heteroatoms. The molecule has 0 aliphatic carbocycles. The third-order valence-corrected chi connectivity index (χ3v) is 2.21. The zero-order valence-electron chi connectivity index (χ0n) is 8.48. The highest BCUT2D eigenvalue weighted by Crippen LogP contribution is 2.10. The SMILES string of the molecule is CCCCOC(=O)N1CC=CC1CO. The predicted molar refractivity (Wildman–Crippen MR) is 53.0 cm³/mol. The molecule has 1 heterocycles. The van der Waals surface area contributed by atoms with Crippen molar-refractivity contribution in [1.82, 2.24) is 4.90 Å². The number of aliphatic hydroxyl groups excluding tert-OH is 1. The number of hydrogen-bond acceptors (Lipinski definition) is 3. The summed E-state index contributed by atoms with van der Waals surface area (Å²) in [5, 5.41) is 8.96. The van der Waals surface area contributed by atoms with Gasteiger partial charge >= 0.3 is 6.09 Å². The molecule has 14 heavy (non-hydrogen) atoms. The lowest BCUT2D eigenvalue weighted by molar-refractivity contribution is 0.0884. The van der Waals surface area contributed by atoms with Crippen molar-refractivity contribution in [2.75, 3.05) is 19.8 Å². The van der Waals surface area contributed by atoms with Crippen molar-refractivity contribution in [1.29, 1.82) is 0 Å². The first kappa shape index (κ1) is 11.0. The van der Waals surface area contributed by atoms with Gasteiger partial charge in [0, 0.05) is 6.54 Å². The molecule has 0 fully saturated rings. The second-order valence-corrected chi connectivity index (χ2v) is 3.30. The molecule has 0 radical (unpaired) electrons. The van der Waals surface area contributed by atoms with Crippen LogP contribution in [0.3, 0.4) is 0 Å². The number of amides is 1. The van der Waals surface area contributed by atoms with Crippen LogP contribution in [0.2, 0.25) is 0 Å². The summed E-state index contributed by atoms with van der Waals surface area (Å²) in [5.74, 6) is 0. The third-order valence-electron chi connectivity index (χ3n) is 2.21. The van der Waals surface area contributed by atoms with Crippen molar-refractivity contribution in [3.8, 4) is 0 Å². The summed E-state index contributed by atoms with van der Waals surface area (Å²) in [6.45, 7) is 3.00. The molecule has 0 aromatic carbocycles. The second-order valence-electron chi connectivity index (χ2n) is 3.30. The van der Waals surface area contributed by atoms with E-state index in [9.17, 15) is 4.79 Å². The number of unbranched alkanes of at least 4 members (excludes halogenated alkanes) is 1. The fourth-order valence-corrected chi connectivity index (χ4v) is 1.33. The van der Waals surface area contributed by atoms with E-state index in [1.807, 2.05) is 19.1 Å². The molecule has 1 N–H and O–H groups in total. The van der Waals surface area contributed by atoms with Crippen LogP contribution in [0.15, 0.2) is 12.2 Å². The zero-order valence-corrected chi connectivity index (χ0v) is 8.48. The van der Waals surface area contributed by atoms with Crippen molar-refractivity contribution in [3.63, 3.8) is 0 Å². The second kappa shape index (κ2) is 5.65. The minimum Gasteiger partial charge on any atom is -0.449 e. The van der Waals surface area contributed by atoms with Gasteiger partial charge in [0.2, 0.25) is 0 Å². The Morgan fingerprint density at radius 3 is 3.14 bits per heavy atom. The van der Waals surface area contributed by atoms with Gasteiger partial charge in [-0.25, -0.2) is 4.79 Å². The average Bonchev–Trinajstić information content (AvgIpc) is 2.65. The van der Waals surface area contributed by atoms with Crippen LogP contribution in [0.5, 0.6) is 0 Å². The summed E-state index contributed by atoms with van der Waals surface area (Å²) in [7, 11) is 0. The van der Waals surface area contributed by atoms with Crippen LogP contribution in [-0.2, 0) is 4.74 Å². The summed E-state index contributed by atoms with van der Waals surface area (Å²) >= 11 is 0. The number of aliphatic hydroxyl groups is 1. The molecule has 1 rings (SSSR count). The van der Waals surface area contributed by atoms with Gasteiger partial charge in [-0.2, -0.15) is 0 Å². The number of nitrogens with zero attached hydrogens (tertiary/aromatic N) is 1. The lowest BCUT2D eigenvalue weighted by atomic mass is 10.3. The predicted octanol–water partition coefficient (Wildman–Crippen LogP) is 1.16. The lowest BCUT2D eigenvalue weighted by Crippen LogP contribution is -2.38. The van der Waals surface area contributed by atoms with E-state index in [-0.39, 0.29) is 18.7 Å². The van der Waals surface area contributed by atoms with Gasteiger partial charge in [0.1, 0.15) is 0 Å². The maximum Gasteiger partial charge on any atom is 0.410 e. The first-order chi connectivity index (χ1) is 6.79. The minimum atomic E-state index is -0.331. The van der Waals surface area contributed by atoms with Crippen LogP contribution in [0.25, 0.3) is 0 Å². The highest BCUT2D eigenvalue weighted by Gasteiger charge is 2.24. The van der Waals surface area contributed by atoms with Gasteiger partial charge in [0.15, 0.2) is 0 Å². The maximum atomic E-state index is 11.4. The normalized spacial score (nSPS) is 20.1. The van der Waals surface area contributed by atoms with Gasteiger partial charge in [-0.15, -0.1) is 0 Å². The fourth-order valence-electron chi connectivity index (χ4n) is 1.33. The van der Waals surface area contributed by atoms with Crippen molar-refractivity contribution in [2.45, 2.75) is 25.8 Å². The molecule has 4 nitrogen and oxygen atoms in total. The van der Waals surface area contributed by atoms with Crippen molar-refractivity contribution in [3.05, 3.63) is 12.2 Å². The zero-order chi connectivity index (χ0) is 10.4. The van der Waals surface area contributed by atoms with E-state index in [1.54, 1.807) is 0 Å². The van der Waals surface area contributed by atoms with Crippen LogP contribution in [0.4, 0.5) is 4.79 Å². The summed E-state index contributed by atoms with van der Waals surface area (Å²) in [4.78, 5) is 13.0. The van der Waals surface area contributed by atoms with Crippen LogP contribution < -0.4 is 0 Å². The molecule has 0 saturated heterocycles. The fraction of sp³-hybridized carbons (Fsp3) is 0.700. The van der Waals surface area contributed by atoms with Crippen LogP contribution in [0.1, 0.15) is 19.8 Å². The number of rotatable bonds is 4. The highest BCUT2D eigenvalue weighted by molar-refractivity contribution is 5.69. The summed E-state index contributed by atoms with van der Waals surface area (Å²) in [5.41, 5.74) is 0. The Hall–Kier alpha value is -1.03. The molecular weight excluding hydrogens is 182 g/mol. The van der Waals surface area contributed by atoms with Gasteiger partial charge in [0.25, 0.3) is 0 Å². The van der Waals surface area contributed by atoms with Crippen LogP contribution >= 0.6 is 0 Å². The van der Waals surface area contributed by atoms with E-state index in [2.05, 4.69) is 0 Å². The van der Waals surface area contributed by atoms with Crippen molar-refractivity contribution in [2.24, 2.45) is 0 Å². The number of carbonyl (C=O) groups excluding carboxylic acids is 1. The van der Waals surface area contributed by atoms with Gasteiger partial charge in [0.05, 0.1) is 19.3 Å². The standard InChI is InChI=1S/C10H17NO3/c1-2-3-7-14-10(13)11-6-4-5-9(11)8-12/h4-5,9,12H,2-3,6-8H2,1H3. The molecule has 0 bridgehead atoms. The number of ether oxygens (including phenoxy) is 1. The summed E-state index contributed by atoms with van der Waals surface area (Å²) in [6, 6.07) is -0.205. The van der Waals surface area contributed by atoms with Crippen molar-refractivity contribution < 1.29 is 14.6 Å². The lowest BCUT2D eigenvalue weighted by Gasteiger charge is -2.22. The smallest absolute Gasteiger partial charge is 0.410 e. The molecule has 1 amide bonds. The molecule has 1 aliphatic rings. The van der Waals surface area contributed by atoms with E-state index in [4.69, 9.17) is 9.84 Å². The Labute approximate surface area is 84.2 Å². The molecule has 1 unspecified atom stereocenters. The molecule has 1 aliphatic heterocycles. The Morgan fingerprint density at radius 2 is 2.50 bits per heavy atom. The van der Waals surface area contributed by atoms with E-state index in [0.717, 1.165) is 12.8 Å². The van der Waals surface area contributed by atoms with Crippen molar-refractivity contribution >= 4 is 6.09 Å². The summed E-state index contributed by atoms with van der Waals surface area (Å²) in [6.07, 6.45) is 5.25. The van der Waals surface area contributed by atoms with E-state index in [0.29, 0.717) is 13.2 Å². The van der Waals surface area contributed by atoms with Gasteiger partial charge < -0.3 is 9.84 Å². The quantitative estimate of drug-likeness (QED) is 0.546. The van der Waals surface area contributed by atoms with E-state index < -0.39 is 0 Å². The van der Waals surface area contributed by atoms with Crippen LogP contribution in [0, 0.1) is 0 Å². The average molecular weight is 199 g/mol. The molecule has 0 aromatic heterocycles. The molecule has 0 saturated carbocycles. The first-order valence-corrected chi connectivity index (χ1v) is 5.00. The minimum absolute atomic E-state index is 0.0423. The number of carbonyl (C=O) groups is 1. The van der Waals surface area contributed by atoms with Gasteiger partial charge in [-0.1, -0.05) is 25.5 Å². The van der Waals surface area contributed by atoms with Gasteiger partial charge in [-0.3, -0.25) is 4.90 Å². The molecule has 80 valence electrons. The molecule has 0 aromatic rings. The maximum absolute atomic E-state index is 11.4. The Kier molecular flexibility index (Phi) is 4.46. The molecule has 0 spiro atoms. The Bertz CT molecular complexity index is 215. The van der Waals surface area contributed by atoms with Gasteiger partial charge in [-0.05, 0) is 6.42 Å². The number of hydrogen-bond donors (Lipinski definition) is 1. The summed E-state index contributed by atoms with van der Waals surface area (Å²) < 4.78 is 5.03. The molecule has 1 atom stereocenters. The monoisotopic (exact) mass is 199 g/mol. The Balaban J connectivity index is 2.30.